The normalized spacial score (nSPS) is 24.4. The smallest absolute Gasteiger partial charge is 0.231 e. The van der Waals surface area contributed by atoms with Crippen LogP contribution in [0.5, 0.6) is 0 Å². The van der Waals surface area contributed by atoms with E-state index >= 15 is 0 Å². The number of aromatic nitrogens is 1. The van der Waals surface area contributed by atoms with Gasteiger partial charge in [-0.3, -0.25) is 4.79 Å². The number of carbonyl (C=O) groups excluding carboxylic acids is 1. The minimum Gasteiger partial charge on any atom is -0.379 e. The largest absolute Gasteiger partial charge is 0.379 e. The topological polar surface area (TPSA) is 77.2 Å². The number of carbonyl (C=O) groups is 1. The van der Waals surface area contributed by atoms with Crippen molar-refractivity contribution < 1.29 is 9.53 Å². The molecule has 0 aliphatic carbocycles. The summed E-state index contributed by atoms with van der Waals surface area (Å²) in [5.41, 5.74) is 6.35. The van der Waals surface area contributed by atoms with E-state index in [0.717, 1.165) is 0 Å². The van der Waals surface area contributed by atoms with Gasteiger partial charge in [-0.25, -0.2) is 4.98 Å². The Bertz CT molecular complexity index is 399. The van der Waals surface area contributed by atoms with Crippen LogP contribution in [0.2, 0.25) is 5.15 Å². The van der Waals surface area contributed by atoms with Crippen molar-refractivity contribution in [1.29, 1.82) is 0 Å². The minimum absolute atomic E-state index is 0.146. The number of ether oxygens (including phenoxy) is 1. The third kappa shape index (κ3) is 2.49. The second-order valence-corrected chi connectivity index (χ2v) is 4.05. The number of pyridine rings is 1. The molecule has 0 radical (unpaired) electrons. The Kier molecular flexibility index (Phi) is 3.38. The van der Waals surface area contributed by atoms with E-state index in [0.29, 0.717) is 24.1 Å². The molecule has 2 rings (SSSR count). The standard InChI is InChI=1S/C10H12ClN3O2/c11-9-3-6(1-2-13-9)14-10(15)7-4-16-5-8(7)12/h1-3,7-8H,4-5,12H2,(H,13,14,15). The predicted molar refractivity (Wildman–Crippen MR) is 60.2 cm³/mol. The fourth-order valence-electron chi connectivity index (χ4n) is 1.56. The van der Waals surface area contributed by atoms with Crippen molar-refractivity contribution in [2.75, 3.05) is 18.5 Å². The summed E-state index contributed by atoms with van der Waals surface area (Å²) in [5, 5.41) is 3.07. The molecule has 1 aromatic heterocycles. The fraction of sp³-hybridized carbons (Fsp3) is 0.400. The van der Waals surface area contributed by atoms with Crippen LogP contribution in [0.4, 0.5) is 5.69 Å². The third-order valence-electron chi connectivity index (χ3n) is 2.46. The molecule has 1 aliphatic heterocycles. The third-order valence-corrected chi connectivity index (χ3v) is 2.66. The molecule has 86 valence electrons. The first-order valence-corrected chi connectivity index (χ1v) is 5.30. The Balaban J connectivity index is 2.02. The Hall–Kier alpha value is -1.17. The first-order valence-electron chi connectivity index (χ1n) is 4.92. The lowest BCUT2D eigenvalue weighted by Crippen LogP contribution is -2.37. The van der Waals surface area contributed by atoms with Gasteiger partial charge in [-0.2, -0.15) is 0 Å². The highest BCUT2D eigenvalue weighted by molar-refractivity contribution is 6.29. The summed E-state index contributed by atoms with van der Waals surface area (Å²) in [6.45, 7) is 0.793. The van der Waals surface area contributed by atoms with Crippen LogP contribution < -0.4 is 11.1 Å². The van der Waals surface area contributed by atoms with Crippen LogP contribution in [0.1, 0.15) is 0 Å². The van der Waals surface area contributed by atoms with Gasteiger partial charge < -0.3 is 15.8 Å². The number of anilines is 1. The second-order valence-electron chi connectivity index (χ2n) is 3.66. The molecule has 1 aromatic rings. The molecule has 2 unspecified atom stereocenters. The van der Waals surface area contributed by atoms with E-state index in [9.17, 15) is 4.79 Å². The van der Waals surface area contributed by atoms with Gasteiger partial charge in [0, 0.05) is 17.9 Å². The Morgan fingerprint density at radius 2 is 2.44 bits per heavy atom. The number of hydrogen-bond donors (Lipinski definition) is 2. The number of nitrogens with zero attached hydrogens (tertiary/aromatic N) is 1. The molecule has 2 atom stereocenters. The SMILES string of the molecule is NC1COCC1C(=O)Nc1ccnc(Cl)c1. The van der Waals surface area contributed by atoms with Crippen molar-refractivity contribution in [2.45, 2.75) is 6.04 Å². The predicted octanol–water partition coefficient (Wildman–Crippen LogP) is 0.647. The molecule has 3 N–H and O–H groups in total. The van der Waals surface area contributed by atoms with Crippen LogP contribution >= 0.6 is 11.6 Å². The second kappa shape index (κ2) is 4.78. The van der Waals surface area contributed by atoms with Crippen LogP contribution in [0.25, 0.3) is 0 Å². The molecule has 0 bridgehead atoms. The minimum atomic E-state index is -0.299. The van der Waals surface area contributed by atoms with Gasteiger partial charge in [0.25, 0.3) is 0 Å². The van der Waals surface area contributed by atoms with Crippen molar-refractivity contribution in [2.24, 2.45) is 11.7 Å². The lowest BCUT2D eigenvalue weighted by atomic mass is 10.0. The number of nitrogens with two attached hydrogens (primary N) is 1. The highest BCUT2D eigenvalue weighted by Gasteiger charge is 2.31. The van der Waals surface area contributed by atoms with E-state index in [1.54, 1.807) is 12.1 Å². The van der Waals surface area contributed by atoms with Crippen LogP contribution in [0, 0.1) is 5.92 Å². The molecule has 5 nitrogen and oxygen atoms in total. The molecular weight excluding hydrogens is 230 g/mol. The molecule has 1 saturated heterocycles. The van der Waals surface area contributed by atoms with Gasteiger partial charge in [0.05, 0.1) is 19.1 Å². The molecule has 0 aromatic carbocycles. The van der Waals surface area contributed by atoms with Crippen LogP contribution in [-0.4, -0.2) is 30.1 Å². The average molecular weight is 242 g/mol. The van der Waals surface area contributed by atoms with Crippen molar-refractivity contribution >= 4 is 23.2 Å². The summed E-state index contributed by atoms with van der Waals surface area (Å²) in [5.74, 6) is -0.445. The maximum atomic E-state index is 11.8. The first-order chi connectivity index (χ1) is 7.66. The van der Waals surface area contributed by atoms with Crippen LogP contribution in [0.3, 0.4) is 0 Å². The molecule has 1 aliphatic rings. The number of hydrogen-bond acceptors (Lipinski definition) is 4. The average Bonchev–Trinajstić information content (AvgIpc) is 2.64. The molecule has 1 fully saturated rings. The highest BCUT2D eigenvalue weighted by Crippen LogP contribution is 2.16. The first kappa shape index (κ1) is 11.3. The zero-order valence-corrected chi connectivity index (χ0v) is 9.28. The number of rotatable bonds is 2. The highest BCUT2D eigenvalue weighted by atomic mass is 35.5. The van der Waals surface area contributed by atoms with Crippen molar-refractivity contribution in [3.05, 3.63) is 23.5 Å². The van der Waals surface area contributed by atoms with Gasteiger partial charge in [0.2, 0.25) is 5.91 Å². The van der Waals surface area contributed by atoms with Gasteiger partial charge in [-0.05, 0) is 12.1 Å². The van der Waals surface area contributed by atoms with Gasteiger partial charge >= 0.3 is 0 Å². The quantitative estimate of drug-likeness (QED) is 0.746. The summed E-state index contributed by atoms with van der Waals surface area (Å²) < 4.78 is 5.13. The van der Waals surface area contributed by atoms with E-state index in [2.05, 4.69) is 10.3 Å². The van der Waals surface area contributed by atoms with Crippen LogP contribution in [0.15, 0.2) is 18.3 Å². The monoisotopic (exact) mass is 241 g/mol. The Morgan fingerprint density at radius 3 is 3.06 bits per heavy atom. The van der Waals surface area contributed by atoms with E-state index in [1.165, 1.54) is 6.20 Å². The van der Waals surface area contributed by atoms with Gasteiger partial charge in [-0.15, -0.1) is 0 Å². The van der Waals surface area contributed by atoms with E-state index in [-0.39, 0.29) is 17.9 Å². The summed E-state index contributed by atoms with van der Waals surface area (Å²) in [6.07, 6.45) is 1.53. The molecule has 6 heteroatoms. The molecule has 0 saturated carbocycles. The molecule has 1 amide bonds. The van der Waals surface area contributed by atoms with E-state index < -0.39 is 0 Å². The number of halogens is 1. The zero-order chi connectivity index (χ0) is 11.5. The number of amides is 1. The van der Waals surface area contributed by atoms with Gasteiger partial charge in [0.15, 0.2) is 0 Å². The Labute approximate surface area is 97.9 Å². The number of nitrogens with one attached hydrogen (secondary N) is 1. The lowest BCUT2D eigenvalue weighted by Gasteiger charge is -2.13. The molecule has 16 heavy (non-hydrogen) atoms. The fourth-order valence-corrected chi connectivity index (χ4v) is 1.73. The zero-order valence-electron chi connectivity index (χ0n) is 8.52. The summed E-state index contributed by atoms with van der Waals surface area (Å²) >= 11 is 5.70. The lowest BCUT2D eigenvalue weighted by molar-refractivity contribution is -0.120. The van der Waals surface area contributed by atoms with E-state index in [4.69, 9.17) is 22.1 Å². The maximum Gasteiger partial charge on any atom is 0.231 e. The van der Waals surface area contributed by atoms with Gasteiger partial charge in [-0.1, -0.05) is 11.6 Å². The molecular formula is C10H12ClN3O2. The maximum absolute atomic E-state index is 11.8. The van der Waals surface area contributed by atoms with Crippen molar-refractivity contribution in [3.63, 3.8) is 0 Å². The van der Waals surface area contributed by atoms with Crippen molar-refractivity contribution in [1.82, 2.24) is 4.98 Å². The van der Waals surface area contributed by atoms with Crippen LogP contribution in [-0.2, 0) is 9.53 Å². The molecule has 2 heterocycles. The van der Waals surface area contributed by atoms with E-state index in [1.807, 2.05) is 0 Å². The Morgan fingerprint density at radius 1 is 1.62 bits per heavy atom. The summed E-state index contributed by atoms with van der Waals surface area (Å²) in [6, 6.07) is 3.02. The van der Waals surface area contributed by atoms with Gasteiger partial charge in [0.1, 0.15) is 5.15 Å². The van der Waals surface area contributed by atoms with Crippen molar-refractivity contribution in [3.8, 4) is 0 Å². The summed E-state index contributed by atoms with van der Waals surface area (Å²) in [4.78, 5) is 15.6. The molecule has 0 spiro atoms. The summed E-state index contributed by atoms with van der Waals surface area (Å²) in [7, 11) is 0.